The first-order chi connectivity index (χ1) is 13.7. The van der Waals surface area contributed by atoms with E-state index in [4.69, 9.17) is 21.1 Å². The zero-order valence-electron chi connectivity index (χ0n) is 16.0. The van der Waals surface area contributed by atoms with Crippen LogP contribution in [0.1, 0.15) is 17.3 Å². The van der Waals surface area contributed by atoms with E-state index in [2.05, 4.69) is 27.3 Å². The summed E-state index contributed by atoms with van der Waals surface area (Å²) in [5, 5.41) is 4.28. The Bertz CT molecular complexity index is 906. The summed E-state index contributed by atoms with van der Waals surface area (Å²) in [5.74, 6) is 0.876. The minimum absolute atomic E-state index is 0.279. The predicted octanol–water partition coefficient (Wildman–Crippen LogP) is 3.16. The van der Waals surface area contributed by atoms with E-state index in [1.54, 1.807) is 7.11 Å². The number of benzene rings is 1. The highest BCUT2D eigenvalue weighted by molar-refractivity contribution is 6.30. The summed E-state index contributed by atoms with van der Waals surface area (Å²) in [5.41, 5.74) is 3.18. The van der Waals surface area contributed by atoms with Gasteiger partial charge in [-0.3, -0.25) is 4.90 Å². The summed E-state index contributed by atoms with van der Waals surface area (Å²) in [7, 11) is 1.69. The Morgan fingerprint density at radius 2 is 1.93 bits per heavy atom. The summed E-state index contributed by atoms with van der Waals surface area (Å²) >= 11 is 6.06. The van der Waals surface area contributed by atoms with Crippen molar-refractivity contribution in [2.75, 3.05) is 40.0 Å². The number of hydrogen-bond acceptors (Lipinski definition) is 5. The van der Waals surface area contributed by atoms with Crippen LogP contribution in [0.15, 0.2) is 48.8 Å². The number of hydrogen-bond donors (Lipinski definition) is 1. The van der Waals surface area contributed by atoms with E-state index >= 15 is 0 Å². The molecular weight excluding hydrogens is 376 g/mol. The second-order valence-electron chi connectivity index (χ2n) is 6.91. The summed E-state index contributed by atoms with van der Waals surface area (Å²) in [6.45, 7) is 4.97. The van der Waals surface area contributed by atoms with Crippen molar-refractivity contribution < 1.29 is 9.47 Å². The number of pyridine rings is 1. The fourth-order valence-electron chi connectivity index (χ4n) is 3.61. The quantitative estimate of drug-likeness (QED) is 0.660. The molecule has 0 radical (unpaired) electrons. The van der Waals surface area contributed by atoms with E-state index in [1.165, 1.54) is 5.56 Å². The lowest BCUT2D eigenvalue weighted by molar-refractivity contribution is 0.0161. The Kier molecular flexibility index (Phi) is 6.12. The average Bonchev–Trinajstić information content (AvgIpc) is 3.14. The van der Waals surface area contributed by atoms with E-state index in [9.17, 15) is 0 Å². The first-order valence-electron chi connectivity index (χ1n) is 9.52. The Balaban J connectivity index is 1.44. The number of ether oxygens (including phenoxy) is 2. The minimum Gasteiger partial charge on any atom is -0.497 e. The van der Waals surface area contributed by atoms with E-state index < -0.39 is 0 Å². The third-order valence-corrected chi connectivity index (χ3v) is 5.32. The van der Waals surface area contributed by atoms with Gasteiger partial charge in [0.25, 0.3) is 0 Å². The van der Waals surface area contributed by atoms with Gasteiger partial charge in [0.2, 0.25) is 0 Å². The standard InChI is InChI=1S/C21H25ClN4O2/c1-27-19-5-2-16(3-6-19)20(25-8-10-28-11-9-25)13-23-12-18-15-26-14-17(22)4-7-21(26)24-18/h2-7,14-15,20,23H,8-13H2,1H3. The number of fused-ring (bicyclic) bond motifs is 1. The molecule has 1 N–H and O–H groups in total. The van der Waals surface area contributed by atoms with Gasteiger partial charge in [0, 0.05) is 44.6 Å². The molecular formula is C21H25ClN4O2. The van der Waals surface area contributed by atoms with Crippen molar-refractivity contribution >= 4 is 17.2 Å². The van der Waals surface area contributed by atoms with Gasteiger partial charge >= 0.3 is 0 Å². The van der Waals surface area contributed by atoms with Crippen LogP contribution in [0.25, 0.3) is 5.65 Å². The third kappa shape index (κ3) is 4.47. The fourth-order valence-corrected chi connectivity index (χ4v) is 3.78. The van der Waals surface area contributed by atoms with E-state index in [1.807, 2.05) is 41.1 Å². The van der Waals surface area contributed by atoms with Crippen molar-refractivity contribution in [2.24, 2.45) is 0 Å². The maximum atomic E-state index is 6.06. The zero-order chi connectivity index (χ0) is 19.3. The van der Waals surface area contributed by atoms with Crippen LogP contribution in [0.2, 0.25) is 5.02 Å². The minimum atomic E-state index is 0.279. The predicted molar refractivity (Wildman–Crippen MR) is 110 cm³/mol. The smallest absolute Gasteiger partial charge is 0.137 e. The molecule has 1 saturated heterocycles. The van der Waals surface area contributed by atoms with Crippen LogP contribution in [-0.4, -0.2) is 54.2 Å². The van der Waals surface area contributed by atoms with E-state index in [0.29, 0.717) is 11.6 Å². The lowest BCUT2D eigenvalue weighted by Gasteiger charge is -2.35. The van der Waals surface area contributed by atoms with Gasteiger partial charge in [0.15, 0.2) is 0 Å². The lowest BCUT2D eigenvalue weighted by Crippen LogP contribution is -2.42. The lowest BCUT2D eigenvalue weighted by atomic mass is 10.0. The zero-order valence-corrected chi connectivity index (χ0v) is 16.7. The molecule has 0 saturated carbocycles. The Morgan fingerprint density at radius 1 is 1.14 bits per heavy atom. The van der Waals surface area contributed by atoms with Crippen LogP contribution < -0.4 is 10.1 Å². The molecule has 0 bridgehead atoms. The normalized spacial score (nSPS) is 16.4. The SMILES string of the molecule is COc1ccc(C(CNCc2cn3cc(Cl)ccc3n2)N2CCOCC2)cc1. The number of halogens is 1. The van der Waals surface area contributed by atoms with Crippen LogP contribution >= 0.6 is 11.6 Å². The molecule has 1 unspecified atom stereocenters. The molecule has 28 heavy (non-hydrogen) atoms. The summed E-state index contributed by atoms with van der Waals surface area (Å²) in [6.07, 6.45) is 3.90. The second-order valence-corrected chi connectivity index (χ2v) is 7.35. The fraction of sp³-hybridized carbons (Fsp3) is 0.381. The molecule has 1 atom stereocenters. The molecule has 6 nitrogen and oxygen atoms in total. The molecule has 7 heteroatoms. The van der Waals surface area contributed by atoms with Crippen LogP contribution in [0.5, 0.6) is 5.75 Å². The summed E-state index contributed by atoms with van der Waals surface area (Å²) < 4.78 is 12.8. The van der Waals surface area contributed by atoms with Crippen LogP contribution in [0, 0.1) is 0 Å². The maximum absolute atomic E-state index is 6.06. The van der Waals surface area contributed by atoms with E-state index in [0.717, 1.165) is 49.9 Å². The van der Waals surface area contributed by atoms with Gasteiger partial charge in [-0.2, -0.15) is 0 Å². The van der Waals surface area contributed by atoms with Gasteiger partial charge in [0.05, 0.1) is 31.0 Å². The topological polar surface area (TPSA) is 51.0 Å². The van der Waals surface area contributed by atoms with Gasteiger partial charge in [-0.25, -0.2) is 4.98 Å². The molecule has 1 aromatic carbocycles. The number of methoxy groups -OCH3 is 1. The van der Waals surface area contributed by atoms with Crippen molar-refractivity contribution in [3.63, 3.8) is 0 Å². The van der Waals surface area contributed by atoms with Gasteiger partial charge < -0.3 is 19.2 Å². The van der Waals surface area contributed by atoms with Gasteiger partial charge in [-0.1, -0.05) is 23.7 Å². The number of nitrogens with zero attached hydrogens (tertiary/aromatic N) is 3. The number of morpholine rings is 1. The molecule has 2 aromatic heterocycles. The van der Waals surface area contributed by atoms with Crippen molar-refractivity contribution in [3.8, 4) is 5.75 Å². The van der Waals surface area contributed by atoms with Crippen molar-refractivity contribution in [2.45, 2.75) is 12.6 Å². The first-order valence-corrected chi connectivity index (χ1v) is 9.90. The summed E-state index contributed by atoms with van der Waals surface area (Å²) in [4.78, 5) is 7.12. The second kappa shape index (κ2) is 8.92. The number of imidazole rings is 1. The average molecular weight is 401 g/mol. The van der Waals surface area contributed by atoms with Crippen LogP contribution in [0.3, 0.4) is 0 Å². The molecule has 1 fully saturated rings. The van der Waals surface area contributed by atoms with Gasteiger partial charge in [-0.05, 0) is 29.8 Å². The highest BCUT2D eigenvalue weighted by Gasteiger charge is 2.22. The molecule has 148 valence electrons. The van der Waals surface area contributed by atoms with Crippen molar-refractivity contribution in [3.05, 3.63) is 65.1 Å². The molecule has 3 heterocycles. The highest BCUT2D eigenvalue weighted by atomic mass is 35.5. The number of rotatable bonds is 7. The molecule has 0 amide bonds. The van der Waals surface area contributed by atoms with Gasteiger partial charge in [-0.15, -0.1) is 0 Å². The van der Waals surface area contributed by atoms with Crippen molar-refractivity contribution in [1.82, 2.24) is 19.6 Å². The molecule has 4 rings (SSSR count). The van der Waals surface area contributed by atoms with Crippen molar-refractivity contribution in [1.29, 1.82) is 0 Å². The summed E-state index contributed by atoms with van der Waals surface area (Å²) in [6, 6.07) is 12.4. The molecule has 0 spiro atoms. The third-order valence-electron chi connectivity index (χ3n) is 5.10. The van der Waals surface area contributed by atoms with E-state index in [-0.39, 0.29) is 6.04 Å². The highest BCUT2D eigenvalue weighted by Crippen LogP contribution is 2.24. The van der Waals surface area contributed by atoms with Crippen LogP contribution in [0.4, 0.5) is 0 Å². The van der Waals surface area contributed by atoms with Gasteiger partial charge in [0.1, 0.15) is 11.4 Å². The molecule has 0 aliphatic carbocycles. The molecule has 3 aromatic rings. The molecule has 1 aliphatic heterocycles. The Hall–Kier alpha value is -2.12. The Morgan fingerprint density at radius 3 is 2.68 bits per heavy atom. The maximum Gasteiger partial charge on any atom is 0.137 e. The largest absolute Gasteiger partial charge is 0.497 e. The van der Waals surface area contributed by atoms with Crippen LogP contribution in [-0.2, 0) is 11.3 Å². The Labute approximate surface area is 170 Å². The first kappa shape index (κ1) is 19.2. The monoisotopic (exact) mass is 400 g/mol. The number of aromatic nitrogens is 2. The molecule has 1 aliphatic rings. The number of nitrogens with one attached hydrogen (secondary N) is 1.